The molecule has 1 aromatic carbocycles. The van der Waals surface area contributed by atoms with E-state index in [1.165, 1.54) is 12.5 Å². The van der Waals surface area contributed by atoms with Gasteiger partial charge in [-0.2, -0.15) is 0 Å². The zero-order valence-electron chi connectivity index (χ0n) is 16.3. The van der Waals surface area contributed by atoms with Crippen LogP contribution in [0.4, 0.5) is 0 Å². The van der Waals surface area contributed by atoms with Crippen molar-refractivity contribution in [3.63, 3.8) is 0 Å². The fraction of sp³-hybridized carbons (Fsp3) is 0.550. The Morgan fingerprint density at radius 1 is 1.07 bits per heavy atom. The predicted molar refractivity (Wildman–Crippen MR) is 104 cm³/mol. The minimum atomic E-state index is -0.403. The number of benzene rings is 1. The number of hydrogen-bond donors (Lipinski definition) is 3. The smallest absolute Gasteiger partial charge is 0.217 e. The van der Waals surface area contributed by atoms with E-state index in [1.807, 2.05) is 19.1 Å². The van der Waals surface area contributed by atoms with E-state index in [2.05, 4.69) is 11.4 Å². The molecular weight excluding hydrogens is 346 g/mol. The van der Waals surface area contributed by atoms with Crippen molar-refractivity contribution in [2.75, 3.05) is 6.61 Å². The van der Waals surface area contributed by atoms with Crippen LogP contribution in [0.25, 0.3) is 0 Å². The third-order valence-corrected chi connectivity index (χ3v) is 4.35. The van der Waals surface area contributed by atoms with E-state index in [-0.39, 0.29) is 30.9 Å². The minimum absolute atomic E-state index is 0.172. The topological polar surface area (TPSA) is 125 Å². The van der Waals surface area contributed by atoms with Crippen LogP contribution in [-0.4, -0.2) is 30.4 Å². The highest BCUT2D eigenvalue weighted by molar-refractivity contribution is 5.75. The lowest BCUT2D eigenvalue weighted by molar-refractivity contribution is -0.121. The van der Waals surface area contributed by atoms with Crippen LogP contribution in [0.1, 0.15) is 56.6 Å². The highest BCUT2D eigenvalue weighted by Crippen LogP contribution is 2.23. The van der Waals surface area contributed by atoms with Gasteiger partial charge in [-0.15, -0.1) is 0 Å². The Morgan fingerprint density at radius 3 is 2.41 bits per heavy atom. The second-order valence-corrected chi connectivity index (χ2v) is 6.78. The molecule has 150 valence electrons. The summed E-state index contributed by atoms with van der Waals surface area (Å²) in [6.45, 7) is 3.71. The van der Waals surface area contributed by atoms with Gasteiger partial charge in [0.1, 0.15) is 12.4 Å². The molecule has 7 nitrogen and oxygen atoms in total. The van der Waals surface area contributed by atoms with E-state index in [9.17, 15) is 14.4 Å². The maximum absolute atomic E-state index is 11.3. The maximum Gasteiger partial charge on any atom is 0.217 e. The molecule has 5 N–H and O–H groups in total. The van der Waals surface area contributed by atoms with E-state index in [4.69, 9.17) is 16.2 Å². The molecule has 0 fully saturated rings. The summed E-state index contributed by atoms with van der Waals surface area (Å²) < 4.78 is 5.90. The summed E-state index contributed by atoms with van der Waals surface area (Å²) in [5, 5.41) is 2.79. The van der Waals surface area contributed by atoms with Gasteiger partial charge in [-0.1, -0.05) is 18.6 Å². The summed E-state index contributed by atoms with van der Waals surface area (Å²) in [6, 6.07) is 5.63. The average molecular weight is 377 g/mol. The molecule has 0 radical (unpaired) electrons. The lowest BCUT2D eigenvalue weighted by atomic mass is 10.0. The summed E-state index contributed by atoms with van der Waals surface area (Å²) in [5.74, 6) is -0.0694. The van der Waals surface area contributed by atoms with Crippen LogP contribution in [0.5, 0.6) is 5.75 Å². The van der Waals surface area contributed by atoms with Gasteiger partial charge in [0.25, 0.3) is 0 Å². The Kier molecular flexibility index (Phi) is 9.93. The van der Waals surface area contributed by atoms with Crippen molar-refractivity contribution in [3.05, 3.63) is 29.3 Å². The number of unbranched alkanes of at least 4 members (excludes halogenated alkanes) is 2. The zero-order valence-corrected chi connectivity index (χ0v) is 16.3. The quantitative estimate of drug-likeness (QED) is 0.453. The summed E-state index contributed by atoms with van der Waals surface area (Å²) >= 11 is 0. The van der Waals surface area contributed by atoms with Crippen LogP contribution in [0.3, 0.4) is 0 Å². The Bertz CT molecular complexity index is 646. The largest absolute Gasteiger partial charge is 0.491 e. The molecule has 0 aromatic heterocycles. The van der Waals surface area contributed by atoms with Crippen molar-refractivity contribution in [1.82, 2.24) is 5.32 Å². The number of nitrogens with two attached hydrogens (primary N) is 2. The summed E-state index contributed by atoms with van der Waals surface area (Å²) in [5.41, 5.74) is 12.6. The number of ether oxygens (including phenoxy) is 1. The molecule has 0 bridgehead atoms. The van der Waals surface area contributed by atoms with Gasteiger partial charge in [0, 0.05) is 19.8 Å². The fourth-order valence-corrected chi connectivity index (χ4v) is 2.87. The van der Waals surface area contributed by atoms with E-state index >= 15 is 0 Å². The number of aryl methyl sites for hydroxylation is 1. The molecular formula is C20H31N3O4. The lowest BCUT2D eigenvalue weighted by Gasteiger charge is -2.19. The molecule has 0 unspecified atom stereocenters. The Hall–Kier alpha value is -2.57. The molecule has 0 aliphatic heterocycles. The molecule has 3 amide bonds. The molecule has 0 saturated heterocycles. The van der Waals surface area contributed by atoms with Crippen molar-refractivity contribution in [1.29, 1.82) is 0 Å². The zero-order chi connectivity index (χ0) is 20.2. The standard InChI is InChI=1S/C20H31N3O4/c1-14-16(7-4-3-5-10-19(21)25)8-6-9-18(14)27-13-17(23-15(2)24)11-12-20(22)26/h6,8-9,17H,3-5,7,10-13H2,1-2H3,(H2,21,25)(H2,22,26)(H,23,24)/t17-/m0/s1. The molecule has 0 heterocycles. The van der Waals surface area contributed by atoms with Crippen molar-refractivity contribution in [3.8, 4) is 5.75 Å². The minimum Gasteiger partial charge on any atom is -0.491 e. The van der Waals surface area contributed by atoms with Crippen LogP contribution < -0.4 is 21.5 Å². The predicted octanol–water partition coefficient (Wildman–Crippen LogP) is 1.73. The lowest BCUT2D eigenvalue weighted by Crippen LogP contribution is -2.38. The molecule has 1 rings (SSSR count). The van der Waals surface area contributed by atoms with E-state index < -0.39 is 5.91 Å². The first kappa shape index (κ1) is 22.5. The van der Waals surface area contributed by atoms with Crippen molar-refractivity contribution < 1.29 is 19.1 Å². The SMILES string of the molecule is CC(=O)N[C@@H](CCC(N)=O)COc1cccc(CCCCCC(N)=O)c1C. The third-order valence-electron chi connectivity index (χ3n) is 4.35. The van der Waals surface area contributed by atoms with Crippen LogP contribution in [-0.2, 0) is 20.8 Å². The van der Waals surface area contributed by atoms with Gasteiger partial charge >= 0.3 is 0 Å². The number of primary amides is 2. The van der Waals surface area contributed by atoms with E-state index in [0.717, 1.165) is 37.0 Å². The van der Waals surface area contributed by atoms with Crippen molar-refractivity contribution in [2.24, 2.45) is 11.5 Å². The molecule has 0 spiro atoms. The molecule has 7 heteroatoms. The van der Waals surface area contributed by atoms with Gasteiger partial charge < -0.3 is 21.5 Å². The number of rotatable bonds is 13. The third kappa shape index (κ3) is 9.63. The van der Waals surface area contributed by atoms with Crippen molar-refractivity contribution in [2.45, 2.75) is 64.8 Å². The first-order valence-electron chi connectivity index (χ1n) is 9.34. The molecule has 0 aliphatic rings. The van der Waals surface area contributed by atoms with Gasteiger partial charge in [0.2, 0.25) is 17.7 Å². The molecule has 0 saturated carbocycles. The van der Waals surface area contributed by atoms with Gasteiger partial charge in [-0.05, 0) is 49.8 Å². The van der Waals surface area contributed by atoms with Gasteiger partial charge in [-0.3, -0.25) is 14.4 Å². The second-order valence-electron chi connectivity index (χ2n) is 6.78. The number of carbonyl (C=O) groups excluding carboxylic acids is 3. The van der Waals surface area contributed by atoms with Gasteiger partial charge in [0.15, 0.2) is 0 Å². The van der Waals surface area contributed by atoms with Crippen LogP contribution in [0.2, 0.25) is 0 Å². The molecule has 1 aromatic rings. The van der Waals surface area contributed by atoms with E-state index in [0.29, 0.717) is 12.8 Å². The normalized spacial score (nSPS) is 11.6. The molecule has 0 aliphatic carbocycles. The average Bonchev–Trinajstić information content (AvgIpc) is 2.58. The highest BCUT2D eigenvalue weighted by atomic mass is 16.5. The summed E-state index contributed by atoms with van der Waals surface area (Å²) in [7, 11) is 0. The number of nitrogens with one attached hydrogen (secondary N) is 1. The monoisotopic (exact) mass is 377 g/mol. The number of carbonyl (C=O) groups is 3. The van der Waals surface area contributed by atoms with Crippen LogP contribution >= 0.6 is 0 Å². The van der Waals surface area contributed by atoms with E-state index in [1.54, 1.807) is 0 Å². The van der Waals surface area contributed by atoms with Crippen molar-refractivity contribution >= 4 is 17.7 Å². The van der Waals surface area contributed by atoms with Gasteiger partial charge in [0.05, 0.1) is 6.04 Å². The Balaban J connectivity index is 2.59. The van der Waals surface area contributed by atoms with Crippen LogP contribution in [0.15, 0.2) is 18.2 Å². The molecule has 27 heavy (non-hydrogen) atoms. The maximum atomic E-state index is 11.3. The second kappa shape index (κ2) is 11.9. The highest BCUT2D eigenvalue weighted by Gasteiger charge is 2.14. The Labute approximate surface area is 160 Å². The number of hydrogen-bond acceptors (Lipinski definition) is 4. The fourth-order valence-electron chi connectivity index (χ4n) is 2.87. The summed E-state index contributed by atoms with van der Waals surface area (Å²) in [6.07, 6.45) is 4.70. The Morgan fingerprint density at radius 2 is 1.78 bits per heavy atom. The van der Waals surface area contributed by atoms with Crippen LogP contribution in [0, 0.1) is 6.92 Å². The summed E-state index contributed by atoms with van der Waals surface area (Å²) in [4.78, 5) is 33.1. The number of amides is 3. The van der Waals surface area contributed by atoms with Gasteiger partial charge in [-0.25, -0.2) is 0 Å². The first-order valence-corrected chi connectivity index (χ1v) is 9.34. The first-order chi connectivity index (χ1) is 12.8. The molecule has 1 atom stereocenters.